The molecule has 120 valence electrons. The summed E-state index contributed by atoms with van der Waals surface area (Å²) < 4.78 is 0. The Labute approximate surface area is 144 Å². The second-order valence-electron chi connectivity index (χ2n) is 5.39. The molecule has 3 heterocycles. The minimum atomic E-state index is 0.660. The van der Waals surface area contributed by atoms with Crippen molar-refractivity contribution in [1.29, 1.82) is 0 Å². The van der Waals surface area contributed by atoms with E-state index in [1.165, 1.54) is 0 Å². The minimum Gasteiger partial charge on any atom is -0.354 e. The number of nitrogens with one attached hydrogen (secondary N) is 1. The predicted octanol–water partition coefficient (Wildman–Crippen LogP) is 3.69. The van der Waals surface area contributed by atoms with Gasteiger partial charge in [0.05, 0.1) is 0 Å². The molecule has 23 heavy (non-hydrogen) atoms. The van der Waals surface area contributed by atoms with Crippen LogP contribution in [-0.4, -0.2) is 47.0 Å². The van der Waals surface area contributed by atoms with Crippen LogP contribution >= 0.6 is 22.7 Å². The number of rotatable bonds is 7. The molecule has 0 amide bonds. The first-order valence-corrected chi connectivity index (χ1v) is 9.24. The van der Waals surface area contributed by atoms with Crippen molar-refractivity contribution in [2.24, 2.45) is 0 Å². The van der Waals surface area contributed by atoms with E-state index in [1.54, 1.807) is 22.7 Å². The third-order valence-corrected chi connectivity index (χ3v) is 4.78. The number of nitrogens with zero attached hydrogens (tertiary/aromatic N) is 4. The highest BCUT2D eigenvalue weighted by molar-refractivity contribution is 7.13. The fraction of sp³-hybridized carbons (Fsp3) is 0.312. The second kappa shape index (κ2) is 7.63. The molecule has 0 saturated carbocycles. The van der Waals surface area contributed by atoms with E-state index in [1.807, 2.05) is 17.8 Å². The molecule has 0 fully saturated rings. The van der Waals surface area contributed by atoms with Gasteiger partial charge in [0.25, 0.3) is 0 Å². The monoisotopic (exact) mass is 345 g/mol. The van der Waals surface area contributed by atoms with Crippen molar-refractivity contribution in [3.8, 4) is 21.8 Å². The van der Waals surface area contributed by atoms with E-state index in [0.29, 0.717) is 5.95 Å². The molecular weight excluding hydrogens is 326 g/mol. The van der Waals surface area contributed by atoms with Crippen molar-refractivity contribution < 1.29 is 0 Å². The van der Waals surface area contributed by atoms with Crippen LogP contribution in [0.25, 0.3) is 21.8 Å². The summed E-state index contributed by atoms with van der Waals surface area (Å²) in [5.41, 5.74) is 3.06. The van der Waals surface area contributed by atoms with E-state index in [-0.39, 0.29) is 0 Å². The molecule has 0 spiro atoms. The van der Waals surface area contributed by atoms with Gasteiger partial charge in [0.2, 0.25) is 5.95 Å². The maximum absolute atomic E-state index is 4.70. The second-order valence-corrected chi connectivity index (χ2v) is 7.06. The van der Waals surface area contributed by atoms with Crippen LogP contribution in [0.4, 0.5) is 5.95 Å². The van der Waals surface area contributed by atoms with Crippen molar-refractivity contribution in [2.75, 3.05) is 32.5 Å². The van der Waals surface area contributed by atoms with Crippen molar-refractivity contribution in [1.82, 2.24) is 19.9 Å². The Bertz CT molecular complexity index is 723. The Kier molecular flexibility index (Phi) is 5.32. The van der Waals surface area contributed by atoms with E-state index < -0.39 is 0 Å². The van der Waals surface area contributed by atoms with E-state index in [0.717, 1.165) is 41.3 Å². The van der Waals surface area contributed by atoms with Crippen LogP contribution in [0.1, 0.15) is 6.42 Å². The highest BCUT2D eigenvalue weighted by Crippen LogP contribution is 2.32. The molecule has 0 bridgehead atoms. The molecule has 5 nitrogen and oxygen atoms in total. The minimum absolute atomic E-state index is 0.660. The third kappa shape index (κ3) is 4.13. The number of thiazole rings is 1. The molecule has 0 aliphatic heterocycles. The Balaban J connectivity index is 1.83. The van der Waals surface area contributed by atoms with E-state index in [4.69, 9.17) is 4.98 Å². The highest BCUT2D eigenvalue weighted by atomic mass is 32.1. The molecule has 0 aliphatic carbocycles. The first kappa shape index (κ1) is 16.0. The van der Waals surface area contributed by atoms with Crippen LogP contribution < -0.4 is 5.32 Å². The molecule has 0 atom stereocenters. The topological polar surface area (TPSA) is 53.9 Å². The van der Waals surface area contributed by atoms with Gasteiger partial charge in [0.15, 0.2) is 0 Å². The van der Waals surface area contributed by atoms with Crippen molar-refractivity contribution in [3.05, 3.63) is 34.6 Å². The SMILES string of the molecule is CN(C)CCCNc1ncc(-c2ccsc2)c(-c2nccs2)n1. The van der Waals surface area contributed by atoms with Crippen LogP contribution in [0.15, 0.2) is 34.6 Å². The zero-order valence-electron chi connectivity index (χ0n) is 13.2. The van der Waals surface area contributed by atoms with Gasteiger partial charge in [-0.25, -0.2) is 15.0 Å². The Morgan fingerprint density at radius 3 is 2.83 bits per heavy atom. The van der Waals surface area contributed by atoms with Gasteiger partial charge in [0, 0.05) is 29.9 Å². The van der Waals surface area contributed by atoms with E-state index in [2.05, 4.69) is 51.1 Å². The number of thiophene rings is 1. The molecule has 0 aromatic carbocycles. The normalized spacial score (nSPS) is 11.1. The smallest absolute Gasteiger partial charge is 0.223 e. The first-order chi connectivity index (χ1) is 11.2. The fourth-order valence-corrected chi connectivity index (χ4v) is 3.49. The molecule has 3 aromatic heterocycles. The summed E-state index contributed by atoms with van der Waals surface area (Å²) in [5.74, 6) is 0.660. The van der Waals surface area contributed by atoms with Gasteiger partial charge in [-0.3, -0.25) is 0 Å². The molecular formula is C16H19N5S2. The number of hydrogen-bond donors (Lipinski definition) is 1. The highest BCUT2D eigenvalue weighted by Gasteiger charge is 2.13. The standard InChI is InChI=1S/C16H19N5S2/c1-21(2)7-3-5-18-16-19-10-13(12-4-8-22-11-12)14(20-16)15-17-6-9-23-15/h4,6,8-11H,3,5,7H2,1-2H3,(H,18,19,20). The Hall–Kier alpha value is -1.83. The lowest BCUT2D eigenvalue weighted by molar-refractivity contribution is 0.405. The fourth-order valence-electron chi connectivity index (χ4n) is 2.19. The largest absolute Gasteiger partial charge is 0.354 e. The zero-order chi connectivity index (χ0) is 16.1. The Morgan fingerprint density at radius 1 is 1.22 bits per heavy atom. The summed E-state index contributed by atoms with van der Waals surface area (Å²) in [4.78, 5) is 15.8. The Morgan fingerprint density at radius 2 is 2.13 bits per heavy atom. The molecule has 0 radical (unpaired) electrons. The summed E-state index contributed by atoms with van der Waals surface area (Å²) in [5, 5.41) is 10.4. The van der Waals surface area contributed by atoms with Crippen molar-refractivity contribution >= 4 is 28.6 Å². The summed E-state index contributed by atoms with van der Waals surface area (Å²) in [6.07, 6.45) is 4.75. The van der Waals surface area contributed by atoms with Crippen LogP contribution in [0, 0.1) is 0 Å². The predicted molar refractivity (Wildman–Crippen MR) is 98.1 cm³/mol. The molecule has 3 aromatic rings. The molecule has 7 heteroatoms. The van der Waals surface area contributed by atoms with Gasteiger partial charge >= 0.3 is 0 Å². The van der Waals surface area contributed by atoms with E-state index >= 15 is 0 Å². The maximum Gasteiger partial charge on any atom is 0.223 e. The van der Waals surface area contributed by atoms with Gasteiger partial charge in [-0.05, 0) is 49.5 Å². The zero-order valence-corrected chi connectivity index (χ0v) is 14.8. The molecule has 0 unspecified atom stereocenters. The number of hydrogen-bond acceptors (Lipinski definition) is 7. The lowest BCUT2D eigenvalue weighted by Crippen LogP contribution is -2.17. The molecule has 1 N–H and O–H groups in total. The number of anilines is 1. The molecule has 3 rings (SSSR count). The lowest BCUT2D eigenvalue weighted by Gasteiger charge is -2.11. The molecule has 0 aliphatic rings. The number of aromatic nitrogens is 3. The quantitative estimate of drug-likeness (QED) is 0.662. The van der Waals surface area contributed by atoms with E-state index in [9.17, 15) is 0 Å². The lowest BCUT2D eigenvalue weighted by atomic mass is 10.1. The van der Waals surface area contributed by atoms with Crippen molar-refractivity contribution in [2.45, 2.75) is 6.42 Å². The van der Waals surface area contributed by atoms with Crippen LogP contribution in [-0.2, 0) is 0 Å². The average molecular weight is 345 g/mol. The van der Waals surface area contributed by atoms with Gasteiger partial charge < -0.3 is 10.2 Å². The van der Waals surface area contributed by atoms with Crippen LogP contribution in [0.5, 0.6) is 0 Å². The third-order valence-electron chi connectivity index (χ3n) is 3.32. The van der Waals surface area contributed by atoms with Crippen molar-refractivity contribution in [3.63, 3.8) is 0 Å². The summed E-state index contributed by atoms with van der Waals surface area (Å²) in [7, 11) is 4.15. The summed E-state index contributed by atoms with van der Waals surface area (Å²) in [6.45, 7) is 1.90. The van der Waals surface area contributed by atoms with Gasteiger partial charge in [-0.2, -0.15) is 11.3 Å². The summed E-state index contributed by atoms with van der Waals surface area (Å²) >= 11 is 3.27. The average Bonchev–Trinajstić information content (AvgIpc) is 3.24. The first-order valence-electron chi connectivity index (χ1n) is 7.42. The van der Waals surface area contributed by atoms with Crippen LogP contribution in [0.2, 0.25) is 0 Å². The van der Waals surface area contributed by atoms with Gasteiger partial charge in [-0.15, -0.1) is 11.3 Å². The van der Waals surface area contributed by atoms with Gasteiger partial charge in [0.1, 0.15) is 10.7 Å². The molecule has 0 saturated heterocycles. The van der Waals surface area contributed by atoms with Crippen LogP contribution in [0.3, 0.4) is 0 Å². The summed E-state index contributed by atoms with van der Waals surface area (Å²) in [6, 6.07) is 2.09. The maximum atomic E-state index is 4.70. The van der Waals surface area contributed by atoms with Gasteiger partial charge in [-0.1, -0.05) is 0 Å².